The van der Waals surface area contributed by atoms with E-state index >= 15 is 0 Å². The molecule has 0 aromatic carbocycles. The Morgan fingerprint density at radius 1 is 1.64 bits per heavy atom. The minimum atomic E-state index is 0.575. The Bertz CT molecular complexity index is 444. The molecule has 0 aliphatic rings. The number of carbonyl (C=O) groups excluding carboxylic acids is 1. The van der Waals surface area contributed by atoms with Crippen LogP contribution in [-0.4, -0.2) is 21.6 Å². The van der Waals surface area contributed by atoms with Crippen LogP contribution in [0.4, 0.5) is 0 Å². The van der Waals surface area contributed by atoms with Crippen molar-refractivity contribution in [3.05, 3.63) is 35.0 Å². The van der Waals surface area contributed by atoms with E-state index in [9.17, 15) is 4.79 Å². The largest absolute Gasteiger partial charge is 0.364 e. The van der Waals surface area contributed by atoms with Crippen molar-refractivity contribution in [1.82, 2.24) is 15.4 Å². The average Bonchev–Trinajstić information content (AvgIpc) is 2.77. The van der Waals surface area contributed by atoms with Gasteiger partial charge in [0.15, 0.2) is 6.29 Å². The molecule has 2 aromatic heterocycles. The monoisotopic (exact) mass is 191 g/mol. The number of aromatic amines is 1. The van der Waals surface area contributed by atoms with Crippen LogP contribution in [0.2, 0.25) is 0 Å². The molecule has 1 N–H and O–H groups in total. The van der Waals surface area contributed by atoms with Crippen LogP contribution in [0.15, 0.2) is 17.0 Å². The first-order valence-corrected chi connectivity index (χ1v) is 4.18. The van der Waals surface area contributed by atoms with Gasteiger partial charge in [0.25, 0.3) is 0 Å². The molecular weight excluding hydrogens is 182 g/mol. The van der Waals surface area contributed by atoms with Gasteiger partial charge in [-0.2, -0.15) is 5.10 Å². The summed E-state index contributed by atoms with van der Waals surface area (Å²) in [7, 11) is 0. The van der Waals surface area contributed by atoms with Gasteiger partial charge in [-0.1, -0.05) is 5.16 Å². The summed E-state index contributed by atoms with van der Waals surface area (Å²) in [5.41, 5.74) is 3.14. The second kappa shape index (κ2) is 3.45. The Labute approximate surface area is 80.1 Å². The van der Waals surface area contributed by atoms with Crippen LogP contribution in [-0.2, 0) is 6.42 Å². The van der Waals surface area contributed by atoms with Crippen LogP contribution in [0, 0.1) is 6.92 Å². The molecule has 0 amide bonds. The number of aromatic nitrogens is 3. The zero-order valence-electron chi connectivity index (χ0n) is 7.65. The highest BCUT2D eigenvalue weighted by Crippen LogP contribution is 2.12. The lowest BCUT2D eigenvalue weighted by Gasteiger charge is -1.95. The summed E-state index contributed by atoms with van der Waals surface area (Å²) >= 11 is 0. The van der Waals surface area contributed by atoms with Gasteiger partial charge in [-0.3, -0.25) is 9.89 Å². The molecule has 0 radical (unpaired) electrons. The molecule has 2 heterocycles. The molecule has 2 rings (SSSR count). The molecule has 5 nitrogen and oxygen atoms in total. The summed E-state index contributed by atoms with van der Waals surface area (Å²) in [6.07, 6.45) is 4.45. The summed E-state index contributed by atoms with van der Waals surface area (Å²) in [5, 5.41) is 10.3. The molecular formula is C9H9N3O2. The standard InChI is InChI=1S/C9H9N3O2/c1-6-7(5-14-12-6)2-9-8(4-13)3-10-11-9/h3-5H,2H2,1H3,(H,10,11). The third-order valence-corrected chi connectivity index (χ3v) is 2.10. The Balaban J connectivity index is 2.27. The Morgan fingerprint density at radius 2 is 2.50 bits per heavy atom. The molecule has 0 bridgehead atoms. The minimum absolute atomic E-state index is 0.575. The van der Waals surface area contributed by atoms with Crippen molar-refractivity contribution in [2.24, 2.45) is 0 Å². The first-order valence-electron chi connectivity index (χ1n) is 4.18. The summed E-state index contributed by atoms with van der Waals surface area (Å²) < 4.78 is 4.79. The molecule has 0 fully saturated rings. The van der Waals surface area contributed by atoms with E-state index in [2.05, 4.69) is 15.4 Å². The SMILES string of the molecule is Cc1nocc1Cc1[nH]ncc1C=O. The Kier molecular flexibility index (Phi) is 2.14. The summed E-state index contributed by atoms with van der Waals surface area (Å²) in [6.45, 7) is 1.86. The van der Waals surface area contributed by atoms with Gasteiger partial charge < -0.3 is 4.52 Å². The van der Waals surface area contributed by atoms with E-state index in [1.165, 1.54) is 6.20 Å². The highest BCUT2D eigenvalue weighted by atomic mass is 16.5. The maximum absolute atomic E-state index is 10.6. The molecule has 0 saturated carbocycles. The van der Waals surface area contributed by atoms with E-state index < -0.39 is 0 Å². The maximum atomic E-state index is 10.6. The van der Waals surface area contributed by atoms with Gasteiger partial charge in [0.2, 0.25) is 0 Å². The third kappa shape index (κ3) is 1.44. The van der Waals surface area contributed by atoms with Crippen molar-refractivity contribution in [3.8, 4) is 0 Å². The molecule has 14 heavy (non-hydrogen) atoms. The number of nitrogens with one attached hydrogen (secondary N) is 1. The maximum Gasteiger partial charge on any atom is 0.153 e. The number of aryl methyl sites for hydroxylation is 1. The normalized spacial score (nSPS) is 10.4. The smallest absolute Gasteiger partial charge is 0.153 e. The van der Waals surface area contributed by atoms with Gasteiger partial charge in [0.05, 0.1) is 23.1 Å². The number of H-pyrrole nitrogens is 1. The van der Waals surface area contributed by atoms with Crippen LogP contribution < -0.4 is 0 Å². The third-order valence-electron chi connectivity index (χ3n) is 2.10. The molecule has 0 aliphatic heterocycles. The van der Waals surface area contributed by atoms with Crippen molar-refractivity contribution in [3.63, 3.8) is 0 Å². The van der Waals surface area contributed by atoms with E-state index in [0.29, 0.717) is 12.0 Å². The van der Waals surface area contributed by atoms with E-state index in [0.717, 1.165) is 23.2 Å². The zero-order chi connectivity index (χ0) is 9.97. The van der Waals surface area contributed by atoms with Crippen molar-refractivity contribution >= 4 is 6.29 Å². The lowest BCUT2D eigenvalue weighted by Crippen LogP contribution is -1.93. The van der Waals surface area contributed by atoms with Gasteiger partial charge in [0.1, 0.15) is 6.26 Å². The number of carbonyl (C=O) groups is 1. The Hall–Kier alpha value is -1.91. The predicted molar refractivity (Wildman–Crippen MR) is 48.0 cm³/mol. The molecule has 0 atom stereocenters. The van der Waals surface area contributed by atoms with Gasteiger partial charge in [-0.05, 0) is 6.92 Å². The van der Waals surface area contributed by atoms with E-state index in [4.69, 9.17) is 4.52 Å². The van der Waals surface area contributed by atoms with Crippen molar-refractivity contribution in [2.75, 3.05) is 0 Å². The number of hydrogen-bond donors (Lipinski definition) is 1. The zero-order valence-corrected chi connectivity index (χ0v) is 7.65. The van der Waals surface area contributed by atoms with Gasteiger partial charge in [-0.25, -0.2) is 0 Å². The van der Waals surface area contributed by atoms with E-state index in [-0.39, 0.29) is 0 Å². The first kappa shape index (κ1) is 8.68. The summed E-state index contributed by atoms with van der Waals surface area (Å²) in [6, 6.07) is 0. The van der Waals surface area contributed by atoms with Gasteiger partial charge in [-0.15, -0.1) is 0 Å². The fourth-order valence-electron chi connectivity index (χ4n) is 1.24. The molecule has 0 saturated heterocycles. The van der Waals surface area contributed by atoms with Gasteiger partial charge in [0, 0.05) is 12.0 Å². The quantitative estimate of drug-likeness (QED) is 0.737. The molecule has 5 heteroatoms. The molecule has 72 valence electrons. The van der Waals surface area contributed by atoms with Crippen molar-refractivity contribution in [2.45, 2.75) is 13.3 Å². The van der Waals surface area contributed by atoms with Crippen LogP contribution in [0.5, 0.6) is 0 Å². The first-order chi connectivity index (χ1) is 6.81. The second-order valence-electron chi connectivity index (χ2n) is 3.02. The van der Waals surface area contributed by atoms with Crippen LogP contribution in [0.3, 0.4) is 0 Å². The fourth-order valence-corrected chi connectivity index (χ4v) is 1.24. The number of rotatable bonds is 3. The molecule has 0 aliphatic carbocycles. The Morgan fingerprint density at radius 3 is 3.14 bits per heavy atom. The van der Waals surface area contributed by atoms with Crippen molar-refractivity contribution < 1.29 is 9.32 Å². The van der Waals surface area contributed by atoms with Crippen molar-refractivity contribution in [1.29, 1.82) is 0 Å². The van der Waals surface area contributed by atoms with Crippen LogP contribution >= 0.6 is 0 Å². The molecule has 0 unspecified atom stereocenters. The summed E-state index contributed by atoms with van der Waals surface area (Å²) in [4.78, 5) is 10.6. The lowest BCUT2D eigenvalue weighted by atomic mass is 10.1. The van der Waals surface area contributed by atoms with Gasteiger partial charge >= 0.3 is 0 Å². The summed E-state index contributed by atoms with van der Waals surface area (Å²) in [5.74, 6) is 0. The highest BCUT2D eigenvalue weighted by molar-refractivity contribution is 5.76. The minimum Gasteiger partial charge on any atom is -0.364 e. The van der Waals surface area contributed by atoms with Crippen LogP contribution in [0.1, 0.15) is 27.3 Å². The number of aldehydes is 1. The number of hydrogen-bond acceptors (Lipinski definition) is 4. The predicted octanol–water partition coefficient (Wildman–Crippen LogP) is 1.11. The van der Waals surface area contributed by atoms with E-state index in [1.54, 1.807) is 6.26 Å². The molecule has 0 spiro atoms. The average molecular weight is 191 g/mol. The lowest BCUT2D eigenvalue weighted by molar-refractivity contribution is 0.112. The number of nitrogens with zero attached hydrogens (tertiary/aromatic N) is 2. The fraction of sp³-hybridized carbons (Fsp3) is 0.222. The second-order valence-corrected chi connectivity index (χ2v) is 3.02. The topological polar surface area (TPSA) is 71.8 Å². The van der Waals surface area contributed by atoms with Crippen LogP contribution in [0.25, 0.3) is 0 Å². The van der Waals surface area contributed by atoms with E-state index in [1.807, 2.05) is 6.92 Å². The highest BCUT2D eigenvalue weighted by Gasteiger charge is 2.08. The molecule has 2 aromatic rings.